The Kier molecular flexibility index (Phi) is 6.51. The number of nitrogens with zero attached hydrogens (tertiary/aromatic N) is 1. The van der Waals surface area contributed by atoms with Crippen LogP contribution >= 0.6 is 11.8 Å². The van der Waals surface area contributed by atoms with Crippen LogP contribution in [0.3, 0.4) is 0 Å². The molecule has 0 spiro atoms. The summed E-state index contributed by atoms with van der Waals surface area (Å²) in [5.41, 5.74) is 2.95. The number of non-ortho nitro benzene ring substituents is 1. The van der Waals surface area contributed by atoms with Gasteiger partial charge in [-0.3, -0.25) is 20.3 Å². The first kappa shape index (κ1) is 18.9. The van der Waals surface area contributed by atoms with E-state index in [9.17, 15) is 23.3 Å². The van der Waals surface area contributed by atoms with Crippen LogP contribution in [-0.2, 0) is 20.6 Å². The molecule has 0 fully saturated rings. The van der Waals surface area contributed by atoms with E-state index in [4.69, 9.17) is 0 Å². The molecule has 2 aromatic rings. The first-order valence-electron chi connectivity index (χ1n) is 7.05. The SMILES string of the molecule is O=C(CSCc1ccccc1)NNS(=O)(=O)c1ccc([N+](=O)[O-])cc1. The summed E-state index contributed by atoms with van der Waals surface area (Å²) in [6.07, 6.45) is 0. The first-order valence-corrected chi connectivity index (χ1v) is 9.69. The lowest BCUT2D eigenvalue weighted by atomic mass is 10.2. The van der Waals surface area contributed by atoms with Gasteiger partial charge in [-0.05, 0) is 17.7 Å². The highest BCUT2D eigenvalue weighted by Gasteiger charge is 2.16. The summed E-state index contributed by atoms with van der Waals surface area (Å²) in [6.45, 7) is 0. The molecule has 0 heterocycles. The Hall–Kier alpha value is -2.43. The fourth-order valence-corrected chi connectivity index (χ4v) is 3.45. The molecule has 0 atom stereocenters. The third-order valence-corrected chi connectivity index (χ3v) is 5.29. The van der Waals surface area contributed by atoms with E-state index in [1.54, 1.807) is 0 Å². The smallest absolute Gasteiger partial charge is 0.269 e. The van der Waals surface area contributed by atoms with E-state index in [1.165, 1.54) is 11.8 Å². The lowest BCUT2D eigenvalue weighted by Gasteiger charge is -2.08. The number of nitro groups is 1. The minimum Gasteiger partial charge on any atom is -0.277 e. The molecule has 10 heteroatoms. The number of benzene rings is 2. The number of nitrogens with one attached hydrogen (secondary N) is 2. The Morgan fingerprint density at radius 1 is 1.08 bits per heavy atom. The highest BCUT2D eigenvalue weighted by molar-refractivity contribution is 7.99. The highest BCUT2D eigenvalue weighted by atomic mass is 32.2. The number of thioether (sulfide) groups is 1. The van der Waals surface area contributed by atoms with E-state index in [1.807, 2.05) is 35.2 Å². The topological polar surface area (TPSA) is 118 Å². The highest BCUT2D eigenvalue weighted by Crippen LogP contribution is 2.15. The van der Waals surface area contributed by atoms with Gasteiger partial charge in [-0.1, -0.05) is 30.3 Å². The van der Waals surface area contributed by atoms with Crippen molar-refractivity contribution in [3.05, 3.63) is 70.3 Å². The molecule has 0 saturated carbocycles. The molecule has 0 unspecified atom stereocenters. The van der Waals surface area contributed by atoms with Crippen LogP contribution in [0, 0.1) is 10.1 Å². The Bertz CT molecular complexity index is 839. The second-order valence-corrected chi connectivity index (χ2v) is 7.55. The predicted molar refractivity (Wildman–Crippen MR) is 94.2 cm³/mol. The Balaban J connectivity index is 1.82. The first-order chi connectivity index (χ1) is 11.9. The molecule has 1 amide bonds. The van der Waals surface area contributed by atoms with Crippen molar-refractivity contribution in [2.45, 2.75) is 10.6 Å². The van der Waals surface area contributed by atoms with Crippen LogP contribution in [0.2, 0.25) is 0 Å². The molecule has 0 saturated heterocycles. The Morgan fingerprint density at radius 2 is 1.72 bits per heavy atom. The molecule has 0 radical (unpaired) electrons. The zero-order valence-electron chi connectivity index (χ0n) is 12.9. The fraction of sp³-hybridized carbons (Fsp3) is 0.133. The van der Waals surface area contributed by atoms with Crippen molar-refractivity contribution >= 4 is 33.4 Å². The van der Waals surface area contributed by atoms with Crippen LogP contribution in [-0.4, -0.2) is 25.0 Å². The molecule has 8 nitrogen and oxygen atoms in total. The second-order valence-electron chi connectivity index (χ2n) is 4.88. The molecule has 0 aliphatic heterocycles. The van der Waals surface area contributed by atoms with E-state index in [2.05, 4.69) is 5.43 Å². The van der Waals surface area contributed by atoms with Gasteiger partial charge in [-0.2, -0.15) is 0 Å². The van der Waals surface area contributed by atoms with Crippen molar-refractivity contribution in [3.8, 4) is 0 Å². The van der Waals surface area contributed by atoms with Crippen LogP contribution in [0.25, 0.3) is 0 Å². The molecular formula is C15H15N3O5S2. The minimum atomic E-state index is -3.99. The monoisotopic (exact) mass is 381 g/mol. The van der Waals surface area contributed by atoms with Crippen molar-refractivity contribution < 1.29 is 18.1 Å². The number of hydrazine groups is 1. The van der Waals surface area contributed by atoms with E-state index >= 15 is 0 Å². The van der Waals surface area contributed by atoms with Gasteiger partial charge in [0.25, 0.3) is 15.7 Å². The average molecular weight is 381 g/mol. The quantitative estimate of drug-likeness (QED) is 0.532. The summed E-state index contributed by atoms with van der Waals surface area (Å²) in [4.78, 5) is 23.4. The number of rotatable bonds is 8. The summed E-state index contributed by atoms with van der Waals surface area (Å²) >= 11 is 1.34. The van der Waals surface area contributed by atoms with Gasteiger partial charge in [-0.15, -0.1) is 16.6 Å². The van der Waals surface area contributed by atoms with Gasteiger partial charge in [0, 0.05) is 17.9 Å². The molecule has 0 aliphatic rings. The Labute approximate surface area is 148 Å². The van der Waals surface area contributed by atoms with E-state index in [-0.39, 0.29) is 16.3 Å². The van der Waals surface area contributed by atoms with Crippen molar-refractivity contribution in [2.24, 2.45) is 0 Å². The summed E-state index contributed by atoms with van der Waals surface area (Å²) < 4.78 is 24.0. The van der Waals surface area contributed by atoms with Gasteiger partial charge >= 0.3 is 0 Å². The van der Waals surface area contributed by atoms with E-state index < -0.39 is 20.9 Å². The molecule has 2 rings (SSSR count). The third-order valence-electron chi connectivity index (χ3n) is 3.03. The predicted octanol–water partition coefficient (Wildman–Crippen LogP) is 1.84. The Morgan fingerprint density at radius 3 is 2.32 bits per heavy atom. The maximum atomic E-state index is 12.0. The van der Waals surface area contributed by atoms with Gasteiger partial charge in [0.05, 0.1) is 15.6 Å². The summed E-state index contributed by atoms with van der Waals surface area (Å²) in [6, 6.07) is 13.9. The molecular weight excluding hydrogens is 366 g/mol. The van der Waals surface area contributed by atoms with Crippen molar-refractivity contribution in [2.75, 3.05) is 5.75 Å². The number of amides is 1. The van der Waals surface area contributed by atoms with Crippen LogP contribution < -0.4 is 10.3 Å². The van der Waals surface area contributed by atoms with Gasteiger partial charge in [0.15, 0.2) is 0 Å². The van der Waals surface area contributed by atoms with E-state index in [0.717, 1.165) is 29.8 Å². The van der Waals surface area contributed by atoms with Crippen LogP contribution in [0.1, 0.15) is 5.56 Å². The molecule has 0 aliphatic carbocycles. The lowest BCUT2D eigenvalue weighted by molar-refractivity contribution is -0.384. The third kappa shape index (κ3) is 5.85. The standard InChI is InChI=1S/C15H15N3O5S2/c19-15(11-24-10-12-4-2-1-3-5-12)16-17-25(22,23)14-8-6-13(7-9-14)18(20)21/h1-9,17H,10-11H2,(H,16,19). The zero-order valence-corrected chi connectivity index (χ0v) is 14.5. The molecule has 132 valence electrons. The summed E-state index contributed by atoms with van der Waals surface area (Å²) in [5.74, 6) is 0.215. The number of nitro benzene ring substituents is 1. The molecule has 0 bridgehead atoms. The summed E-state index contributed by atoms with van der Waals surface area (Å²) in [5, 5.41) is 10.6. The minimum absolute atomic E-state index is 0.0810. The van der Waals surface area contributed by atoms with Gasteiger partial charge < -0.3 is 0 Å². The normalized spacial score (nSPS) is 11.0. The van der Waals surface area contributed by atoms with Gasteiger partial charge in [-0.25, -0.2) is 8.42 Å². The van der Waals surface area contributed by atoms with Gasteiger partial charge in [0.2, 0.25) is 5.91 Å². The average Bonchev–Trinajstić information content (AvgIpc) is 2.61. The summed E-state index contributed by atoms with van der Waals surface area (Å²) in [7, 11) is -3.99. The molecule has 2 aromatic carbocycles. The zero-order chi connectivity index (χ0) is 18.3. The maximum Gasteiger partial charge on any atom is 0.269 e. The molecule has 0 aromatic heterocycles. The fourth-order valence-electron chi connectivity index (χ4n) is 1.80. The number of carbonyl (C=O) groups is 1. The second kappa shape index (κ2) is 8.60. The van der Waals surface area contributed by atoms with Crippen molar-refractivity contribution in [3.63, 3.8) is 0 Å². The van der Waals surface area contributed by atoms with Crippen LogP contribution in [0.5, 0.6) is 0 Å². The van der Waals surface area contributed by atoms with Crippen molar-refractivity contribution in [1.29, 1.82) is 0 Å². The number of carbonyl (C=O) groups excluding carboxylic acids is 1. The number of hydrogen-bond acceptors (Lipinski definition) is 6. The van der Waals surface area contributed by atoms with E-state index in [0.29, 0.717) is 5.75 Å². The lowest BCUT2D eigenvalue weighted by Crippen LogP contribution is -2.42. The maximum absolute atomic E-state index is 12.0. The van der Waals surface area contributed by atoms with Crippen LogP contribution in [0.4, 0.5) is 5.69 Å². The number of sulfonamides is 1. The largest absolute Gasteiger partial charge is 0.277 e. The molecule has 2 N–H and O–H groups in total. The van der Waals surface area contributed by atoms with Crippen molar-refractivity contribution in [1.82, 2.24) is 10.3 Å². The number of hydrogen-bond donors (Lipinski definition) is 2. The van der Waals surface area contributed by atoms with Crippen LogP contribution in [0.15, 0.2) is 59.5 Å². The van der Waals surface area contributed by atoms with Gasteiger partial charge in [0.1, 0.15) is 0 Å². The molecule has 25 heavy (non-hydrogen) atoms.